The van der Waals surface area contributed by atoms with Gasteiger partial charge in [-0.3, -0.25) is 0 Å². The van der Waals surface area contributed by atoms with Crippen molar-refractivity contribution >= 4 is 5.82 Å². The van der Waals surface area contributed by atoms with Crippen molar-refractivity contribution in [3.63, 3.8) is 0 Å². The van der Waals surface area contributed by atoms with Crippen molar-refractivity contribution in [3.05, 3.63) is 17.6 Å². The van der Waals surface area contributed by atoms with Crippen molar-refractivity contribution in [2.75, 3.05) is 11.4 Å². The Balaban J connectivity index is 1.86. The van der Waals surface area contributed by atoms with E-state index in [2.05, 4.69) is 20.9 Å². The monoisotopic (exact) mass is 261 g/mol. The predicted molar refractivity (Wildman–Crippen MR) is 75.2 cm³/mol. The molecule has 0 aromatic carbocycles. The molecule has 1 N–H and O–H groups in total. The van der Waals surface area contributed by atoms with Crippen molar-refractivity contribution in [2.24, 2.45) is 5.92 Å². The summed E-state index contributed by atoms with van der Waals surface area (Å²) in [5.41, 5.74) is 1.03. The Morgan fingerprint density at radius 3 is 2.68 bits per heavy atom. The van der Waals surface area contributed by atoms with Gasteiger partial charge in [-0.25, -0.2) is 9.97 Å². The molecule has 1 aliphatic carbocycles. The zero-order valence-corrected chi connectivity index (χ0v) is 11.8. The van der Waals surface area contributed by atoms with Crippen molar-refractivity contribution in [1.82, 2.24) is 9.97 Å². The van der Waals surface area contributed by atoms with Gasteiger partial charge < -0.3 is 10.0 Å². The lowest BCUT2D eigenvalue weighted by Gasteiger charge is -2.32. The van der Waals surface area contributed by atoms with E-state index in [9.17, 15) is 5.11 Å². The third-order valence-electron chi connectivity index (χ3n) is 4.57. The molecule has 3 atom stereocenters. The number of hydrogen-bond acceptors (Lipinski definition) is 4. The van der Waals surface area contributed by atoms with Crippen molar-refractivity contribution in [1.29, 1.82) is 0 Å². The first-order valence-electron chi connectivity index (χ1n) is 7.42. The second kappa shape index (κ2) is 5.08. The summed E-state index contributed by atoms with van der Waals surface area (Å²) in [6.07, 6.45) is 5.56. The maximum atomic E-state index is 10.2. The third kappa shape index (κ3) is 2.46. The van der Waals surface area contributed by atoms with Crippen molar-refractivity contribution < 1.29 is 5.11 Å². The van der Waals surface area contributed by atoms with E-state index in [1.165, 1.54) is 12.8 Å². The average Bonchev–Trinajstić information content (AvgIpc) is 2.95. The normalized spacial score (nSPS) is 31.1. The van der Waals surface area contributed by atoms with Gasteiger partial charge in [0.05, 0.1) is 6.10 Å². The topological polar surface area (TPSA) is 49.2 Å². The van der Waals surface area contributed by atoms with Crippen LogP contribution in [0.1, 0.15) is 43.6 Å². The summed E-state index contributed by atoms with van der Waals surface area (Å²) in [6, 6.07) is 2.54. The standard InChI is InChI=1S/C15H23N3O/c1-10-9-15(17-11(2)16-10)18-8-4-6-13(18)12-5-3-7-14(12)19/h9,12-14,19H,3-8H2,1-2H3. The number of aliphatic hydroxyl groups is 1. The molecule has 4 heteroatoms. The molecule has 0 radical (unpaired) electrons. The van der Waals surface area contributed by atoms with Crippen LogP contribution in [0, 0.1) is 19.8 Å². The van der Waals surface area contributed by atoms with E-state index in [4.69, 9.17) is 0 Å². The minimum Gasteiger partial charge on any atom is -0.393 e. The highest BCUT2D eigenvalue weighted by molar-refractivity contribution is 5.42. The van der Waals surface area contributed by atoms with Gasteiger partial charge in [0.15, 0.2) is 0 Å². The van der Waals surface area contributed by atoms with Gasteiger partial charge in [0.1, 0.15) is 11.6 Å². The van der Waals surface area contributed by atoms with Crippen LogP contribution in [0.3, 0.4) is 0 Å². The van der Waals surface area contributed by atoms with Crippen LogP contribution in [0.5, 0.6) is 0 Å². The number of nitrogens with zero attached hydrogens (tertiary/aromatic N) is 3. The number of hydrogen-bond donors (Lipinski definition) is 1. The Bertz CT molecular complexity index is 442. The number of aliphatic hydroxyl groups excluding tert-OH is 1. The van der Waals surface area contributed by atoms with Crippen molar-refractivity contribution in [3.8, 4) is 0 Å². The van der Waals surface area contributed by atoms with Crippen LogP contribution in [-0.4, -0.2) is 33.8 Å². The minimum absolute atomic E-state index is 0.116. The molecule has 104 valence electrons. The molecular weight excluding hydrogens is 238 g/mol. The summed E-state index contributed by atoms with van der Waals surface area (Å²) in [5, 5.41) is 10.2. The first kappa shape index (κ1) is 12.9. The lowest BCUT2D eigenvalue weighted by atomic mass is 9.94. The van der Waals surface area contributed by atoms with Crippen molar-refractivity contribution in [2.45, 2.75) is 58.1 Å². The number of rotatable bonds is 2. The van der Waals surface area contributed by atoms with Crippen LogP contribution in [-0.2, 0) is 0 Å². The lowest BCUT2D eigenvalue weighted by molar-refractivity contribution is 0.118. The maximum absolute atomic E-state index is 10.2. The minimum atomic E-state index is -0.116. The van der Waals surface area contributed by atoms with E-state index in [0.29, 0.717) is 12.0 Å². The first-order valence-corrected chi connectivity index (χ1v) is 7.42. The summed E-state index contributed by atoms with van der Waals surface area (Å²) in [6.45, 7) is 5.03. The van der Waals surface area contributed by atoms with E-state index < -0.39 is 0 Å². The molecule has 3 rings (SSSR count). The zero-order chi connectivity index (χ0) is 13.4. The second-order valence-corrected chi connectivity index (χ2v) is 5.98. The SMILES string of the molecule is Cc1cc(N2CCCC2C2CCCC2O)nc(C)n1. The summed E-state index contributed by atoms with van der Waals surface area (Å²) in [4.78, 5) is 11.4. The van der Waals surface area contributed by atoms with Crippen LogP contribution in [0.2, 0.25) is 0 Å². The third-order valence-corrected chi connectivity index (χ3v) is 4.57. The van der Waals surface area contributed by atoms with Gasteiger partial charge in [0.25, 0.3) is 0 Å². The predicted octanol–water partition coefficient (Wildman–Crippen LogP) is 2.22. The molecule has 4 nitrogen and oxygen atoms in total. The molecular formula is C15H23N3O. The van der Waals surface area contributed by atoms with Gasteiger partial charge >= 0.3 is 0 Å². The highest BCUT2D eigenvalue weighted by Crippen LogP contribution is 2.37. The Hall–Kier alpha value is -1.16. The Kier molecular flexibility index (Phi) is 3.44. The smallest absolute Gasteiger partial charge is 0.132 e. The fourth-order valence-electron chi connectivity index (χ4n) is 3.78. The molecule has 0 spiro atoms. The van der Waals surface area contributed by atoms with Gasteiger partial charge in [-0.1, -0.05) is 6.42 Å². The molecule has 2 heterocycles. The van der Waals surface area contributed by atoms with Gasteiger partial charge in [-0.05, 0) is 39.5 Å². The largest absolute Gasteiger partial charge is 0.393 e. The van der Waals surface area contributed by atoms with Gasteiger partial charge in [0.2, 0.25) is 0 Å². The van der Waals surface area contributed by atoms with Crippen LogP contribution in [0.15, 0.2) is 6.07 Å². The van der Waals surface area contributed by atoms with E-state index in [-0.39, 0.29) is 6.10 Å². The van der Waals surface area contributed by atoms with E-state index in [1.807, 2.05) is 13.8 Å². The van der Waals surface area contributed by atoms with Crippen LogP contribution < -0.4 is 4.90 Å². The van der Waals surface area contributed by atoms with E-state index in [1.54, 1.807) is 0 Å². The molecule has 19 heavy (non-hydrogen) atoms. The van der Waals surface area contributed by atoms with E-state index >= 15 is 0 Å². The molecule has 1 saturated carbocycles. The molecule has 1 aromatic rings. The summed E-state index contributed by atoms with van der Waals surface area (Å²) in [7, 11) is 0. The number of aryl methyl sites for hydroxylation is 2. The first-order chi connectivity index (χ1) is 9.15. The fourth-order valence-corrected chi connectivity index (χ4v) is 3.78. The highest BCUT2D eigenvalue weighted by atomic mass is 16.3. The Morgan fingerprint density at radius 2 is 2.00 bits per heavy atom. The summed E-state index contributed by atoms with van der Waals surface area (Å²) >= 11 is 0. The average molecular weight is 261 g/mol. The number of anilines is 1. The van der Waals surface area contributed by atoms with Crippen LogP contribution >= 0.6 is 0 Å². The fraction of sp³-hybridized carbons (Fsp3) is 0.733. The van der Waals surface area contributed by atoms with Gasteiger partial charge in [-0.2, -0.15) is 0 Å². The molecule has 2 fully saturated rings. The quantitative estimate of drug-likeness (QED) is 0.887. The summed E-state index contributed by atoms with van der Waals surface area (Å²) < 4.78 is 0. The van der Waals surface area contributed by atoms with Gasteiger partial charge in [-0.15, -0.1) is 0 Å². The zero-order valence-electron chi connectivity index (χ0n) is 11.8. The maximum Gasteiger partial charge on any atom is 0.132 e. The molecule has 3 unspecified atom stereocenters. The van der Waals surface area contributed by atoms with E-state index in [0.717, 1.165) is 43.1 Å². The molecule has 1 saturated heterocycles. The second-order valence-electron chi connectivity index (χ2n) is 5.98. The molecule has 0 amide bonds. The molecule has 2 aliphatic rings. The van der Waals surface area contributed by atoms with Crippen LogP contribution in [0.25, 0.3) is 0 Å². The lowest BCUT2D eigenvalue weighted by Crippen LogP contribution is -2.39. The molecule has 1 aliphatic heterocycles. The Morgan fingerprint density at radius 1 is 1.16 bits per heavy atom. The highest BCUT2D eigenvalue weighted by Gasteiger charge is 2.38. The number of aromatic nitrogens is 2. The molecule has 1 aromatic heterocycles. The Labute approximate surface area is 114 Å². The van der Waals surface area contributed by atoms with Gasteiger partial charge in [0, 0.05) is 30.3 Å². The van der Waals surface area contributed by atoms with Crippen LogP contribution in [0.4, 0.5) is 5.82 Å². The molecule has 0 bridgehead atoms. The summed E-state index contributed by atoms with van der Waals surface area (Å²) in [5.74, 6) is 2.32.